The summed E-state index contributed by atoms with van der Waals surface area (Å²) in [4.78, 5) is 23.9. The lowest BCUT2D eigenvalue weighted by Gasteiger charge is -2.19. The van der Waals surface area contributed by atoms with Gasteiger partial charge in [0, 0.05) is 5.92 Å². The van der Waals surface area contributed by atoms with Gasteiger partial charge in [0.1, 0.15) is 0 Å². The summed E-state index contributed by atoms with van der Waals surface area (Å²) in [5.41, 5.74) is 2.47. The van der Waals surface area contributed by atoms with Gasteiger partial charge in [0.15, 0.2) is 0 Å². The van der Waals surface area contributed by atoms with Gasteiger partial charge in [0.25, 0.3) is 0 Å². The average molecular weight is 302 g/mol. The Kier molecular flexibility index (Phi) is 6.17. The average Bonchev–Trinajstić information content (AvgIpc) is 2.55. The number of benzene rings is 1. The van der Waals surface area contributed by atoms with Crippen LogP contribution in [0.25, 0.3) is 0 Å². The van der Waals surface area contributed by atoms with Crippen LogP contribution in [0, 0.1) is 18.8 Å². The number of carbonyl (C=O) groups is 2. The molecule has 120 valence electrons. The van der Waals surface area contributed by atoms with E-state index < -0.39 is 5.97 Å². The summed E-state index contributed by atoms with van der Waals surface area (Å²) in [7, 11) is 0. The molecule has 3 heteroatoms. The molecule has 1 aromatic rings. The fourth-order valence-corrected chi connectivity index (χ4v) is 3.01. The van der Waals surface area contributed by atoms with Gasteiger partial charge >= 0.3 is 5.97 Å². The van der Waals surface area contributed by atoms with E-state index in [2.05, 4.69) is 31.2 Å². The van der Waals surface area contributed by atoms with E-state index in [1.165, 1.54) is 17.5 Å². The number of Topliss-reactive ketones (excluding diaryl/α,β-unsaturated/α-hetero) is 1. The maximum Gasteiger partial charge on any atom is 0.374 e. The van der Waals surface area contributed by atoms with Gasteiger partial charge in [-0.1, -0.05) is 56.0 Å². The molecule has 0 aliphatic heterocycles. The largest absolute Gasteiger partial charge is 0.460 e. The minimum atomic E-state index is -0.636. The van der Waals surface area contributed by atoms with Crippen molar-refractivity contribution in [2.24, 2.45) is 11.8 Å². The third-order valence-electron chi connectivity index (χ3n) is 4.38. The number of rotatable bonds is 6. The Morgan fingerprint density at radius 2 is 1.77 bits per heavy atom. The van der Waals surface area contributed by atoms with Gasteiger partial charge in [-0.25, -0.2) is 4.79 Å². The van der Waals surface area contributed by atoms with Crippen molar-refractivity contribution in [2.45, 2.75) is 52.4 Å². The Labute approximate surface area is 133 Å². The van der Waals surface area contributed by atoms with E-state index in [0.717, 1.165) is 32.1 Å². The van der Waals surface area contributed by atoms with Crippen LogP contribution < -0.4 is 0 Å². The van der Waals surface area contributed by atoms with E-state index >= 15 is 0 Å². The van der Waals surface area contributed by atoms with E-state index in [0.29, 0.717) is 6.61 Å². The van der Waals surface area contributed by atoms with Crippen molar-refractivity contribution in [3.63, 3.8) is 0 Å². The van der Waals surface area contributed by atoms with Crippen molar-refractivity contribution in [1.82, 2.24) is 0 Å². The van der Waals surface area contributed by atoms with Crippen LogP contribution in [0.1, 0.15) is 50.2 Å². The van der Waals surface area contributed by atoms with Gasteiger partial charge in [-0.3, -0.25) is 4.79 Å². The monoisotopic (exact) mass is 302 g/mol. The maximum atomic E-state index is 12.0. The number of ether oxygens (including phenoxy) is 1. The molecule has 0 saturated heterocycles. The van der Waals surface area contributed by atoms with Gasteiger partial charge in [0.2, 0.25) is 5.78 Å². The second kappa shape index (κ2) is 8.11. The van der Waals surface area contributed by atoms with Crippen molar-refractivity contribution in [3.05, 3.63) is 35.4 Å². The molecule has 0 N–H and O–H groups in total. The highest BCUT2D eigenvalue weighted by molar-refractivity contribution is 6.34. The van der Waals surface area contributed by atoms with Crippen molar-refractivity contribution in [3.8, 4) is 0 Å². The number of ketones is 1. The number of hydrogen-bond acceptors (Lipinski definition) is 3. The van der Waals surface area contributed by atoms with Crippen LogP contribution in [0.5, 0.6) is 0 Å². The van der Waals surface area contributed by atoms with Gasteiger partial charge in [-0.15, -0.1) is 0 Å². The predicted molar refractivity (Wildman–Crippen MR) is 86.6 cm³/mol. The molecule has 1 aliphatic carbocycles. The SMILES string of the molecule is Cc1ccc(CC(C)COC(=O)C(=O)C2CCCCC2)cc1. The number of hydrogen-bond donors (Lipinski definition) is 0. The minimum absolute atomic E-state index is 0.103. The summed E-state index contributed by atoms with van der Waals surface area (Å²) in [6.45, 7) is 4.41. The first-order valence-electron chi connectivity index (χ1n) is 8.32. The van der Waals surface area contributed by atoms with E-state index in [9.17, 15) is 9.59 Å². The smallest absolute Gasteiger partial charge is 0.374 e. The van der Waals surface area contributed by atoms with Crippen LogP contribution in [0.15, 0.2) is 24.3 Å². The summed E-state index contributed by atoms with van der Waals surface area (Å²) in [6, 6.07) is 8.36. The van der Waals surface area contributed by atoms with Crippen molar-refractivity contribution in [2.75, 3.05) is 6.61 Å². The first-order valence-corrected chi connectivity index (χ1v) is 8.32. The van der Waals surface area contributed by atoms with Crippen LogP contribution in [-0.4, -0.2) is 18.4 Å². The molecule has 0 spiro atoms. The van der Waals surface area contributed by atoms with E-state index in [1.807, 2.05) is 6.92 Å². The Hall–Kier alpha value is -1.64. The molecule has 0 aromatic heterocycles. The highest BCUT2D eigenvalue weighted by Gasteiger charge is 2.28. The number of esters is 1. The number of aryl methyl sites for hydroxylation is 1. The maximum absolute atomic E-state index is 12.0. The van der Waals surface area contributed by atoms with Gasteiger partial charge in [0.05, 0.1) is 6.61 Å². The first kappa shape index (κ1) is 16.7. The summed E-state index contributed by atoms with van der Waals surface area (Å²) >= 11 is 0. The van der Waals surface area contributed by atoms with E-state index in [4.69, 9.17) is 4.74 Å². The second-order valence-corrected chi connectivity index (χ2v) is 6.59. The van der Waals surface area contributed by atoms with Crippen molar-refractivity contribution in [1.29, 1.82) is 0 Å². The van der Waals surface area contributed by atoms with Crippen molar-refractivity contribution >= 4 is 11.8 Å². The standard InChI is InChI=1S/C19H26O3/c1-14-8-10-16(11-9-14)12-15(2)13-22-19(21)18(20)17-6-4-3-5-7-17/h8-11,15,17H,3-7,12-13H2,1-2H3. The van der Waals surface area contributed by atoms with Crippen LogP contribution in [-0.2, 0) is 20.7 Å². The molecule has 3 nitrogen and oxygen atoms in total. The zero-order chi connectivity index (χ0) is 15.9. The Morgan fingerprint density at radius 1 is 1.14 bits per heavy atom. The van der Waals surface area contributed by atoms with Gasteiger partial charge in [-0.2, -0.15) is 0 Å². The normalized spacial score (nSPS) is 17.0. The molecule has 2 rings (SSSR count). The Balaban J connectivity index is 1.75. The molecule has 1 fully saturated rings. The van der Waals surface area contributed by atoms with Crippen LogP contribution >= 0.6 is 0 Å². The molecule has 0 bridgehead atoms. The molecule has 1 aliphatic rings. The molecule has 22 heavy (non-hydrogen) atoms. The molecule has 0 amide bonds. The molecular formula is C19H26O3. The lowest BCUT2D eigenvalue weighted by atomic mass is 9.86. The fraction of sp³-hybridized carbons (Fsp3) is 0.579. The zero-order valence-electron chi connectivity index (χ0n) is 13.6. The topological polar surface area (TPSA) is 43.4 Å². The summed E-state index contributed by atoms with van der Waals surface area (Å²) in [5, 5.41) is 0. The highest BCUT2D eigenvalue weighted by atomic mass is 16.5. The molecule has 0 radical (unpaired) electrons. The Bertz CT molecular complexity index is 498. The quantitative estimate of drug-likeness (QED) is 0.592. The van der Waals surface area contributed by atoms with E-state index in [1.54, 1.807) is 0 Å². The molecule has 1 unspecified atom stereocenters. The van der Waals surface area contributed by atoms with Crippen LogP contribution in [0.4, 0.5) is 0 Å². The van der Waals surface area contributed by atoms with Crippen LogP contribution in [0.3, 0.4) is 0 Å². The highest BCUT2D eigenvalue weighted by Crippen LogP contribution is 2.24. The molecule has 1 atom stereocenters. The zero-order valence-corrected chi connectivity index (χ0v) is 13.6. The van der Waals surface area contributed by atoms with Gasteiger partial charge < -0.3 is 4.74 Å². The molecule has 1 aromatic carbocycles. The second-order valence-electron chi connectivity index (χ2n) is 6.59. The van der Waals surface area contributed by atoms with Crippen LogP contribution in [0.2, 0.25) is 0 Å². The lowest BCUT2D eigenvalue weighted by Crippen LogP contribution is -2.28. The first-order chi connectivity index (χ1) is 10.6. The van der Waals surface area contributed by atoms with Gasteiger partial charge in [-0.05, 0) is 37.7 Å². The Morgan fingerprint density at radius 3 is 2.41 bits per heavy atom. The fourth-order valence-electron chi connectivity index (χ4n) is 3.01. The molecular weight excluding hydrogens is 276 g/mol. The minimum Gasteiger partial charge on any atom is -0.460 e. The van der Waals surface area contributed by atoms with Crippen molar-refractivity contribution < 1.29 is 14.3 Å². The van der Waals surface area contributed by atoms with E-state index in [-0.39, 0.29) is 17.6 Å². The number of carbonyl (C=O) groups excluding carboxylic acids is 2. The summed E-state index contributed by atoms with van der Waals surface area (Å²) in [5.74, 6) is -0.843. The summed E-state index contributed by atoms with van der Waals surface area (Å²) in [6.07, 6.45) is 5.80. The third-order valence-corrected chi connectivity index (χ3v) is 4.38. The molecule has 0 heterocycles. The summed E-state index contributed by atoms with van der Waals surface area (Å²) < 4.78 is 5.23. The lowest BCUT2D eigenvalue weighted by molar-refractivity contribution is -0.157. The predicted octanol–water partition coefficient (Wildman–Crippen LogP) is 3.87. The third kappa shape index (κ3) is 4.97. The molecule has 1 saturated carbocycles.